The molecule has 0 unspecified atom stereocenters. The second-order valence-corrected chi connectivity index (χ2v) is 5.40. The van der Waals surface area contributed by atoms with Gasteiger partial charge in [-0.1, -0.05) is 11.6 Å². The summed E-state index contributed by atoms with van der Waals surface area (Å²) in [4.78, 5) is 14.7. The Hall–Kier alpha value is -1.59. The van der Waals surface area contributed by atoms with Crippen molar-refractivity contribution in [2.24, 2.45) is 0 Å². The summed E-state index contributed by atoms with van der Waals surface area (Å²) in [7, 11) is 0. The Morgan fingerprint density at radius 1 is 1.42 bits per heavy atom. The molecule has 1 N–H and O–H groups in total. The van der Waals surface area contributed by atoms with Crippen molar-refractivity contribution in [2.75, 3.05) is 0 Å². The standard InChI is InChI=1S/C13H12ClNO3S/c1-7-3-9(14)4-8(2)11(7)18-5-10-6-19-12(15-10)13(16)17/h3-4,6H,5H2,1-2H3,(H,16,17). The van der Waals surface area contributed by atoms with Crippen LogP contribution in [0.25, 0.3) is 0 Å². The zero-order valence-electron chi connectivity index (χ0n) is 10.4. The van der Waals surface area contributed by atoms with Crippen LogP contribution in [0.15, 0.2) is 17.5 Å². The first-order valence-electron chi connectivity index (χ1n) is 5.54. The Morgan fingerprint density at radius 3 is 2.58 bits per heavy atom. The first-order valence-corrected chi connectivity index (χ1v) is 6.80. The monoisotopic (exact) mass is 297 g/mol. The number of carboxylic acid groups (broad SMARTS) is 1. The molecule has 0 atom stereocenters. The first kappa shape index (κ1) is 13.8. The van der Waals surface area contributed by atoms with Crippen LogP contribution in [0.4, 0.5) is 0 Å². The number of benzene rings is 1. The van der Waals surface area contributed by atoms with E-state index in [4.69, 9.17) is 21.4 Å². The summed E-state index contributed by atoms with van der Waals surface area (Å²) < 4.78 is 5.69. The molecule has 6 heteroatoms. The van der Waals surface area contributed by atoms with Crippen LogP contribution in [-0.4, -0.2) is 16.1 Å². The van der Waals surface area contributed by atoms with Crippen LogP contribution in [0, 0.1) is 13.8 Å². The van der Waals surface area contributed by atoms with Crippen molar-refractivity contribution in [3.63, 3.8) is 0 Å². The Morgan fingerprint density at radius 2 is 2.05 bits per heavy atom. The second-order valence-electron chi connectivity index (χ2n) is 4.11. The van der Waals surface area contributed by atoms with E-state index < -0.39 is 5.97 Å². The first-order chi connectivity index (χ1) is 8.97. The highest BCUT2D eigenvalue weighted by atomic mass is 35.5. The SMILES string of the molecule is Cc1cc(Cl)cc(C)c1OCc1csc(C(=O)O)n1. The minimum Gasteiger partial charge on any atom is -0.487 e. The van der Waals surface area contributed by atoms with Crippen LogP contribution in [0.3, 0.4) is 0 Å². The van der Waals surface area contributed by atoms with E-state index in [0.717, 1.165) is 28.2 Å². The molecule has 0 aliphatic carbocycles. The van der Waals surface area contributed by atoms with E-state index in [0.29, 0.717) is 10.7 Å². The van der Waals surface area contributed by atoms with E-state index in [9.17, 15) is 4.79 Å². The fraction of sp³-hybridized carbons (Fsp3) is 0.231. The molecule has 0 amide bonds. The van der Waals surface area contributed by atoms with Gasteiger partial charge in [0.05, 0.1) is 5.69 Å². The predicted octanol–water partition coefficient (Wildman–Crippen LogP) is 3.69. The van der Waals surface area contributed by atoms with Crippen LogP contribution in [0.1, 0.15) is 26.6 Å². The number of hydrogen-bond acceptors (Lipinski definition) is 4. The lowest BCUT2D eigenvalue weighted by Crippen LogP contribution is -2.01. The summed E-state index contributed by atoms with van der Waals surface area (Å²) in [6.45, 7) is 4.07. The molecule has 1 aromatic heterocycles. The molecule has 0 aliphatic heterocycles. The summed E-state index contributed by atoms with van der Waals surface area (Å²) in [5.74, 6) is -0.260. The Kier molecular flexibility index (Phi) is 4.07. The molecule has 1 heterocycles. The van der Waals surface area contributed by atoms with Gasteiger partial charge >= 0.3 is 5.97 Å². The zero-order valence-corrected chi connectivity index (χ0v) is 12.0. The van der Waals surface area contributed by atoms with Crippen molar-refractivity contribution >= 4 is 28.9 Å². The van der Waals surface area contributed by atoms with Gasteiger partial charge in [-0.3, -0.25) is 0 Å². The fourth-order valence-corrected chi connectivity index (χ4v) is 2.71. The average molecular weight is 298 g/mol. The van der Waals surface area contributed by atoms with E-state index in [1.54, 1.807) is 5.38 Å². The zero-order chi connectivity index (χ0) is 14.0. The van der Waals surface area contributed by atoms with Gasteiger partial charge in [-0.25, -0.2) is 9.78 Å². The van der Waals surface area contributed by atoms with Crippen LogP contribution >= 0.6 is 22.9 Å². The van der Waals surface area contributed by atoms with Crippen molar-refractivity contribution < 1.29 is 14.6 Å². The summed E-state index contributed by atoms with van der Waals surface area (Å²) in [6, 6.07) is 3.65. The second kappa shape index (κ2) is 5.59. The highest BCUT2D eigenvalue weighted by molar-refractivity contribution is 7.11. The normalized spacial score (nSPS) is 10.5. The molecule has 0 saturated heterocycles. The number of ether oxygens (including phenoxy) is 1. The maximum atomic E-state index is 10.7. The van der Waals surface area contributed by atoms with Gasteiger partial charge in [0.1, 0.15) is 12.4 Å². The van der Waals surface area contributed by atoms with E-state index in [1.165, 1.54) is 0 Å². The van der Waals surface area contributed by atoms with Crippen LogP contribution in [-0.2, 0) is 6.61 Å². The molecule has 0 radical (unpaired) electrons. The number of nitrogens with zero attached hydrogens (tertiary/aromatic N) is 1. The van der Waals surface area contributed by atoms with Crippen molar-refractivity contribution in [1.82, 2.24) is 4.98 Å². The molecule has 0 bridgehead atoms. The Balaban J connectivity index is 2.12. The number of aromatic nitrogens is 1. The molecule has 1 aromatic carbocycles. The molecule has 19 heavy (non-hydrogen) atoms. The van der Waals surface area contributed by atoms with Crippen molar-refractivity contribution in [1.29, 1.82) is 0 Å². The largest absolute Gasteiger partial charge is 0.487 e. The minimum absolute atomic E-state index is 0.0724. The predicted molar refractivity (Wildman–Crippen MR) is 74.3 cm³/mol. The smallest absolute Gasteiger partial charge is 0.365 e. The molecule has 2 aromatic rings. The molecule has 100 valence electrons. The third kappa shape index (κ3) is 3.24. The van der Waals surface area contributed by atoms with Gasteiger partial charge in [0.25, 0.3) is 0 Å². The number of thiazole rings is 1. The molecular weight excluding hydrogens is 286 g/mol. The van der Waals surface area contributed by atoms with Gasteiger partial charge in [-0.2, -0.15) is 0 Å². The van der Waals surface area contributed by atoms with Crippen molar-refractivity contribution in [3.05, 3.63) is 44.4 Å². The molecule has 0 fully saturated rings. The fourth-order valence-electron chi connectivity index (χ4n) is 1.74. The van der Waals surface area contributed by atoms with Gasteiger partial charge in [0.2, 0.25) is 5.01 Å². The quantitative estimate of drug-likeness (QED) is 0.935. The Labute approximate surface area is 119 Å². The molecule has 2 rings (SSSR count). The number of hydrogen-bond donors (Lipinski definition) is 1. The van der Waals surface area contributed by atoms with Gasteiger partial charge in [0, 0.05) is 10.4 Å². The van der Waals surface area contributed by atoms with Crippen molar-refractivity contribution in [3.8, 4) is 5.75 Å². The number of aryl methyl sites for hydroxylation is 2. The summed E-state index contributed by atoms with van der Waals surface area (Å²) in [5.41, 5.74) is 2.49. The van der Waals surface area contributed by atoms with E-state index in [2.05, 4.69) is 4.98 Å². The van der Waals surface area contributed by atoms with Gasteiger partial charge in [0.15, 0.2) is 0 Å². The minimum atomic E-state index is -1.02. The lowest BCUT2D eigenvalue weighted by atomic mass is 10.1. The number of carboxylic acids is 1. The third-order valence-electron chi connectivity index (χ3n) is 2.52. The maximum Gasteiger partial charge on any atom is 0.365 e. The van der Waals surface area contributed by atoms with Gasteiger partial charge in [-0.15, -0.1) is 11.3 Å². The summed E-state index contributed by atoms with van der Waals surface area (Å²) in [6.07, 6.45) is 0. The highest BCUT2D eigenvalue weighted by Gasteiger charge is 2.11. The number of halogens is 1. The van der Waals surface area contributed by atoms with Gasteiger partial charge in [-0.05, 0) is 37.1 Å². The molecule has 0 aliphatic rings. The van der Waals surface area contributed by atoms with Crippen molar-refractivity contribution in [2.45, 2.75) is 20.5 Å². The Bertz CT molecular complexity index is 601. The van der Waals surface area contributed by atoms with E-state index >= 15 is 0 Å². The topological polar surface area (TPSA) is 59.4 Å². The number of aromatic carboxylic acids is 1. The van der Waals surface area contributed by atoms with E-state index in [-0.39, 0.29) is 11.6 Å². The van der Waals surface area contributed by atoms with Crippen LogP contribution in [0.2, 0.25) is 5.02 Å². The lowest BCUT2D eigenvalue weighted by molar-refractivity contribution is 0.0696. The molecular formula is C13H12ClNO3S. The maximum absolute atomic E-state index is 10.7. The third-order valence-corrected chi connectivity index (χ3v) is 3.62. The molecule has 4 nitrogen and oxygen atoms in total. The van der Waals surface area contributed by atoms with E-state index in [1.807, 2.05) is 26.0 Å². The van der Waals surface area contributed by atoms with Crippen LogP contribution in [0.5, 0.6) is 5.75 Å². The lowest BCUT2D eigenvalue weighted by Gasteiger charge is -2.11. The van der Waals surface area contributed by atoms with Gasteiger partial charge < -0.3 is 9.84 Å². The average Bonchev–Trinajstić information content (AvgIpc) is 2.76. The summed E-state index contributed by atoms with van der Waals surface area (Å²) >= 11 is 7.04. The number of carbonyl (C=O) groups is 1. The number of rotatable bonds is 4. The molecule has 0 saturated carbocycles. The highest BCUT2D eigenvalue weighted by Crippen LogP contribution is 2.27. The summed E-state index contributed by atoms with van der Waals surface area (Å²) in [5, 5.41) is 11.2. The van der Waals surface area contributed by atoms with Crippen LogP contribution < -0.4 is 4.74 Å². The molecule has 0 spiro atoms.